The fourth-order valence-electron chi connectivity index (χ4n) is 3.22. The topological polar surface area (TPSA) is 54.2 Å². The van der Waals surface area contributed by atoms with E-state index in [9.17, 15) is 0 Å². The fourth-order valence-corrected chi connectivity index (χ4v) is 3.22. The first kappa shape index (κ1) is 14.3. The Morgan fingerprint density at radius 2 is 2.10 bits per heavy atom. The number of para-hydroxylation sites is 1. The highest BCUT2D eigenvalue weighted by atomic mass is 15.3. The van der Waals surface area contributed by atoms with Crippen molar-refractivity contribution in [2.24, 2.45) is 11.8 Å². The number of anilines is 1. The third kappa shape index (κ3) is 3.01. The number of piperidine rings is 1. The molecule has 2 atom stereocenters. The molecule has 1 fully saturated rings. The summed E-state index contributed by atoms with van der Waals surface area (Å²) in [6, 6.07) is 11.0. The second-order valence-electron chi connectivity index (χ2n) is 6.29. The quantitative estimate of drug-likeness (QED) is 0.671. The first-order valence-electron chi connectivity index (χ1n) is 7.76. The standard InChI is InChI=1S/C17H24N4/c1-12-7-8-13(2)21(10-12)11-15-9-14-5-3-4-6-16(14)19-17(15)20-18/h3-6,9,12-13H,7-8,10-11,18H2,1-2H3,(H,19,20). The summed E-state index contributed by atoms with van der Waals surface area (Å²) in [5.74, 6) is 7.24. The maximum atomic E-state index is 5.68. The van der Waals surface area contributed by atoms with E-state index in [1.165, 1.54) is 23.8 Å². The second-order valence-corrected chi connectivity index (χ2v) is 6.29. The van der Waals surface area contributed by atoms with Gasteiger partial charge in [-0.15, -0.1) is 0 Å². The number of nitrogens with one attached hydrogen (secondary N) is 1. The largest absolute Gasteiger partial charge is 0.308 e. The molecule has 2 aromatic rings. The summed E-state index contributed by atoms with van der Waals surface area (Å²) in [6.07, 6.45) is 2.60. The minimum Gasteiger partial charge on any atom is -0.308 e. The van der Waals surface area contributed by atoms with E-state index < -0.39 is 0 Å². The third-order valence-corrected chi connectivity index (χ3v) is 4.56. The molecule has 0 radical (unpaired) electrons. The molecular weight excluding hydrogens is 260 g/mol. The van der Waals surface area contributed by atoms with Crippen molar-refractivity contribution >= 4 is 16.7 Å². The maximum absolute atomic E-state index is 5.68. The monoisotopic (exact) mass is 284 g/mol. The van der Waals surface area contributed by atoms with Gasteiger partial charge in [0.05, 0.1) is 5.52 Å². The number of benzene rings is 1. The Kier molecular flexibility index (Phi) is 4.08. The van der Waals surface area contributed by atoms with Gasteiger partial charge in [-0.05, 0) is 37.8 Å². The van der Waals surface area contributed by atoms with E-state index in [4.69, 9.17) is 5.84 Å². The zero-order valence-corrected chi connectivity index (χ0v) is 12.8. The van der Waals surface area contributed by atoms with Crippen LogP contribution in [0.1, 0.15) is 32.3 Å². The summed E-state index contributed by atoms with van der Waals surface area (Å²) >= 11 is 0. The highest BCUT2D eigenvalue weighted by Gasteiger charge is 2.23. The van der Waals surface area contributed by atoms with Crippen LogP contribution in [0.25, 0.3) is 10.9 Å². The SMILES string of the molecule is CC1CCC(C)N(Cc2cc3ccccc3nc2NN)C1. The average Bonchev–Trinajstić information content (AvgIpc) is 2.50. The summed E-state index contributed by atoms with van der Waals surface area (Å²) in [7, 11) is 0. The van der Waals surface area contributed by atoms with Crippen LogP contribution < -0.4 is 11.3 Å². The lowest BCUT2D eigenvalue weighted by atomic mass is 9.94. The van der Waals surface area contributed by atoms with E-state index in [0.717, 1.165) is 30.3 Å². The number of fused-ring (bicyclic) bond motifs is 1. The number of likely N-dealkylation sites (tertiary alicyclic amines) is 1. The van der Waals surface area contributed by atoms with Crippen molar-refractivity contribution in [2.75, 3.05) is 12.0 Å². The summed E-state index contributed by atoms with van der Waals surface area (Å²) in [4.78, 5) is 7.18. The molecule has 4 nitrogen and oxygen atoms in total. The minimum atomic E-state index is 0.623. The van der Waals surface area contributed by atoms with Crippen LogP contribution in [0, 0.1) is 5.92 Å². The molecule has 1 aromatic carbocycles. The lowest BCUT2D eigenvalue weighted by Gasteiger charge is -2.37. The van der Waals surface area contributed by atoms with Gasteiger partial charge in [-0.2, -0.15) is 0 Å². The molecule has 0 bridgehead atoms. The van der Waals surface area contributed by atoms with Crippen LogP contribution in [0.5, 0.6) is 0 Å². The molecule has 21 heavy (non-hydrogen) atoms. The smallest absolute Gasteiger partial charge is 0.145 e. The predicted octanol–water partition coefficient (Wildman–Crippen LogP) is 3.14. The van der Waals surface area contributed by atoms with E-state index in [0.29, 0.717) is 6.04 Å². The second kappa shape index (κ2) is 6.00. The number of nitrogens with zero attached hydrogens (tertiary/aromatic N) is 2. The lowest BCUT2D eigenvalue weighted by molar-refractivity contribution is 0.117. The van der Waals surface area contributed by atoms with Gasteiger partial charge in [-0.1, -0.05) is 25.1 Å². The molecule has 0 saturated carbocycles. The number of hydrazine groups is 1. The normalized spacial score (nSPS) is 23.4. The van der Waals surface area contributed by atoms with Crippen LogP contribution in [0.4, 0.5) is 5.82 Å². The highest BCUT2D eigenvalue weighted by molar-refractivity contribution is 5.81. The minimum absolute atomic E-state index is 0.623. The predicted molar refractivity (Wildman–Crippen MR) is 87.8 cm³/mol. The van der Waals surface area contributed by atoms with E-state index in [1.54, 1.807) is 0 Å². The number of hydrogen-bond acceptors (Lipinski definition) is 4. The molecule has 0 spiro atoms. The Labute approximate surface area is 126 Å². The van der Waals surface area contributed by atoms with Gasteiger partial charge in [0.15, 0.2) is 0 Å². The van der Waals surface area contributed by atoms with E-state index >= 15 is 0 Å². The molecule has 2 unspecified atom stereocenters. The van der Waals surface area contributed by atoms with Crippen LogP contribution in [0.15, 0.2) is 30.3 Å². The zero-order chi connectivity index (χ0) is 14.8. The van der Waals surface area contributed by atoms with Crippen LogP contribution in [-0.4, -0.2) is 22.5 Å². The molecule has 1 aromatic heterocycles. The number of nitrogen functional groups attached to an aromatic ring is 1. The van der Waals surface area contributed by atoms with Gasteiger partial charge in [0.1, 0.15) is 5.82 Å². The van der Waals surface area contributed by atoms with Crippen molar-refractivity contribution < 1.29 is 0 Å². The summed E-state index contributed by atoms with van der Waals surface area (Å²) in [5, 5.41) is 1.17. The number of rotatable bonds is 3. The molecule has 112 valence electrons. The summed E-state index contributed by atoms with van der Waals surface area (Å²) in [6.45, 7) is 6.70. The van der Waals surface area contributed by atoms with E-state index in [-0.39, 0.29) is 0 Å². The first-order valence-corrected chi connectivity index (χ1v) is 7.76. The van der Waals surface area contributed by atoms with Crippen LogP contribution in [0.2, 0.25) is 0 Å². The van der Waals surface area contributed by atoms with Crippen molar-refractivity contribution in [1.29, 1.82) is 0 Å². The highest BCUT2D eigenvalue weighted by Crippen LogP contribution is 2.26. The Bertz CT molecular complexity index is 625. The number of nitrogens with two attached hydrogens (primary N) is 1. The molecule has 3 rings (SSSR count). The van der Waals surface area contributed by atoms with Crippen molar-refractivity contribution in [2.45, 2.75) is 39.3 Å². The van der Waals surface area contributed by atoms with Gasteiger partial charge in [0.25, 0.3) is 0 Å². The Morgan fingerprint density at radius 3 is 2.90 bits per heavy atom. The maximum Gasteiger partial charge on any atom is 0.145 e. The molecule has 1 saturated heterocycles. The third-order valence-electron chi connectivity index (χ3n) is 4.56. The molecule has 1 aliphatic heterocycles. The van der Waals surface area contributed by atoms with Gasteiger partial charge in [-0.25, -0.2) is 10.8 Å². The van der Waals surface area contributed by atoms with Crippen molar-refractivity contribution in [3.63, 3.8) is 0 Å². The molecule has 3 N–H and O–H groups in total. The number of pyridine rings is 1. The van der Waals surface area contributed by atoms with E-state index in [1.807, 2.05) is 12.1 Å². The van der Waals surface area contributed by atoms with Crippen molar-refractivity contribution in [3.05, 3.63) is 35.9 Å². The van der Waals surface area contributed by atoms with Gasteiger partial charge >= 0.3 is 0 Å². The molecule has 0 aliphatic carbocycles. The molecule has 4 heteroatoms. The van der Waals surface area contributed by atoms with Gasteiger partial charge in [0.2, 0.25) is 0 Å². The van der Waals surface area contributed by atoms with Crippen molar-refractivity contribution in [1.82, 2.24) is 9.88 Å². The van der Waals surface area contributed by atoms with Gasteiger partial charge in [-0.3, -0.25) is 4.90 Å². The van der Waals surface area contributed by atoms with Gasteiger partial charge < -0.3 is 5.43 Å². The number of hydrogen-bond donors (Lipinski definition) is 2. The lowest BCUT2D eigenvalue weighted by Crippen LogP contribution is -2.40. The number of aromatic nitrogens is 1. The molecule has 0 amide bonds. The fraction of sp³-hybridized carbons (Fsp3) is 0.471. The Morgan fingerprint density at radius 1 is 1.29 bits per heavy atom. The van der Waals surface area contributed by atoms with Crippen molar-refractivity contribution in [3.8, 4) is 0 Å². The average molecular weight is 284 g/mol. The summed E-state index contributed by atoms with van der Waals surface area (Å²) < 4.78 is 0. The summed E-state index contributed by atoms with van der Waals surface area (Å²) in [5.41, 5.74) is 4.92. The molecular formula is C17H24N4. The van der Waals surface area contributed by atoms with E-state index in [2.05, 4.69) is 47.4 Å². The first-order chi connectivity index (χ1) is 10.2. The van der Waals surface area contributed by atoms with Gasteiger partial charge in [0, 0.05) is 30.1 Å². The zero-order valence-electron chi connectivity index (χ0n) is 12.8. The Hall–Kier alpha value is -1.65. The van der Waals surface area contributed by atoms with Crippen LogP contribution in [0.3, 0.4) is 0 Å². The van der Waals surface area contributed by atoms with Crippen LogP contribution in [-0.2, 0) is 6.54 Å². The van der Waals surface area contributed by atoms with Crippen LogP contribution >= 0.6 is 0 Å². The molecule has 2 heterocycles. The Balaban J connectivity index is 1.91. The molecule has 1 aliphatic rings.